The number of benzene rings is 2. The SMILES string of the molecule is CC(C)(C)OC(=O)NCC(O)(c1ccc(N)cc1)c1ccc(N)cc1. The van der Waals surface area contributed by atoms with Crippen molar-refractivity contribution in [3.8, 4) is 0 Å². The molecule has 134 valence electrons. The highest BCUT2D eigenvalue weighted by atomic mass is 16.6. The molecule has 0 aliphatic heterocycles. The van der Waals surface area contributed by atoms with Crippen molar-refractivity contribution in [1.29, 1.82) is 0 Å². The molecule has 0 saturated carbocycles. The highest BCUT2D eigenvalue weighted by Crippen LogP contribution is 2.30. The lowest BCUT2D eigenvalue weighted by Crippen LogP contribution is -2.43. The van der Waals surface area contributed by atoms with E-state index in [2.05, 4.69) is 5.32 Å². The molecule has 0 aliphatic rings. The fourth-order valence-electron chi connectivity index (χ4n) is 2.40. The fraction of sp³-hybridized carbons (Fsp3) is 0.316. The van der Waals surface area contributed by atoms with E-state index in [0.29, 0.717) is 22.5 Å². The second kappa shape index (κ2) is 7.03. The second-order valence-electron chi connectivity index (χ2n) is 6.96. The lowest BCUT2D eigenvalue weighted by atomic mass is 9.86. The van der Waals surface area contributed by atoms with Gasteiger partial charge < -0.3 is 26.6 Å². The Balaban J connectivity index is 2.30. The maximum Gasteiger partial charge on any atom is 0.407 e. The van der Waals surface area contributed by atoms with E-state index < -0.39 is 17.3 Å². The van der Waals surface area contributed by atoms with E-state index in [0.717, 1.165) is 0 Å². The number of nitrogens with one attached hydrogen (secondary N) is 1. The van der Waals surface area contributed by atoms with Crippen LogP contribution in [0.1, 0.15) is 31.9 Å². The van der Waals surface area contributed by atoms with Gasteiger partial charge in [-0.3, -0.25) is 0 Å². The average molecular weight is 343 g/mol. The first-order valence-electron chi connectivity index (χ1n) is 8.01. The van der Waals surface area contributed by atoms with Gasteiger partial charge in [0.1, 0.15) is 11.2 Å². The third-order valence-electron chi connectivity index (χ3n) is 3.66. The van der Waals surface area contributed by atoms with Gasteiger partial charge in [-0.1, -0.05) is 24.3 Å². The summed E-state index contributed by atoms with van der Waals surface area (Å²) < 4.78 is 5.24. The highest BCUT2D eigenvalue weighted by Gasteiger charge is 2.32. The van der Waals surface area contributed by atoms with Crippen molar-refractivity contribution in [3.05, 3.63) is 59.7 Å². The Kier molecular flexibility index (Phi) is 5.23. The van der Waals surface area contributed by atoms with Crippen LogP contribution in [0.5, 0.6) is 0 Å². The number of amides is 1. The van der Waals surface area contributed by atoms with Gasteiger partial charge >= 0.3 is 6.09 Å². The van der Waals surface area contributed by atoms with Crippen LogP contribution in [0.4, 0.5) is 16.2 Å². The summed E-state index contributed by atoms with van der Waals surface area (Å²) in [5.74, 6) is 0. The van der Waals surface area contributed by atoms with Gasteiger partial charge in [-0.15, -0.1) is 0 Å². The Labute approximate surface area is 147 Å². The van der Waals surface area contributed by atoms with Crippen molar-refractivity contribution in [2.75, 3.05) is 18.0 Å². The molecule has 1 amide bonds. The molecule has 0 aliphatic carbocycles. The summed E-state index contributed by atoms with van der Waals surface area (Å²) in [4.78, 5) is 12.0. The van der Waals surface area contributed by atoms with Gasteiger partial charge in [0.25, 0.3) is 0 Å². The maximum absolute atomic E-state index is 12.0. The molecule has 2 aromatic rings. The van der Waals surface area contributed by atoms with E-state index in [1.807, 2.05) is 0 Å². The summed E-state index contributed by atoms with van der Waals surface area (Å²) in [6, 6.07) is 13.7. The Morgan fingerprint density at radius 3 is 1.72 bits per heavy atom. The average Bonchev–Trinajstić information content (AvgIpc) is 2.52. The third kappa shape index (κ3) is 4.87. The smallest absolute Gasteiger partial charge is 0.407 e. The van der Waals surface area contributed by atoms with E-state index in [-0.39, 0.29) is 6.54 Å². The van der Waals surface area contributed by atoms with E-state index in [1.54, 1.807) is 69.3 Å². The number of hydrogen-bond donors (Lipinski definition) is 4. The van der Waals surface area contributed by atoms with Gasteiger partial charge in [-0.05, 0) is 56.2 Å². The van der Waals surface area contributed by atoms with Crippen LogP contribution in [-0.4, -0.2) is 23.3 Å². The lowest BCUT2D eigenvalue weighted by molar-refractivity contribution is 0.0393. The van der Waals surface area contributed by atoms with E-state index in [9.17, 15) is 9.90 Å². The molecule has 0 saturated heterocycles. The van der Waals surface area contributed by atoms with Crippen LogP contribution in [-0.2, 0) is 10.3 Å². The summed E-state index contributed by atoms with van der Waals surface area (Å²) in [7, 11) is 0. The lowest BCUT2D eigenvalue weighted by Gasteiger charge is -2.30. The monoisotopic (exact) mass is 343 g/mol. The molecule has 6 heteroatoms. The second-order valence-corrected chi connectivity index (χ2v) is 6.96. The first kappa shape index (κ1) is 18.6. The predicted octanol–water partition coefficient (Wildman–Crippen LogP) is 2.61. The molecule has 25 heavy (non-hydrogen) atoms. The number of carbonyl (C=O) groups is 1. The summed E-state index contributed by atoms with van der Waals surface area (Å²) in [5, 5.41) is 14.0. The minimum atomic E-state index is -1.45. The summed E-state index contributed by atoms with van der Waals surface area (Å²) >= 11 is 0. The number of nitrogens with two attached hydrogens (primary N) is 2. The van der Waals surface area contributed by atoms with Crippen molar-refractivity contribution in [2.24, 2.45) is 0 Å². The van der Waals surface area contributed by atoms with Gasteiger partial charge in [0.15, 0.2) is 0 Å². The minimum absolute atomic E-state index is 0.0598. The van der Waals surface area contributed by atoms with Crippen molar-refractivity contribution in [2.45, 2.75) is 32.0 Å². The quantitative estimate of drug-likeness (QED) is 0.638. The van der Waals surface area contributed by atoms with E-state index in [1.165, 1.54) is 0 Å². The third-order valence-corrected chi connectivity index (χ3v) is 3.66. The first-order valence-corrected chi connectivity index (χ1v) is 8.01. The number of nitrogen functional groups attached to an aromatic ring is 2. The number of carbonyl (C=O) groups excluding carboxylic acids is 1. The molecule has 0 bridgehead atoms. The molecule has 0 aromatic heterocycles. The molecule has 0 spiro atoms. The largest absolute Gasteiger partial charge is 0.444 e. The molecule has 0 radical (unpaired) electrons. The predicted molar refractivity (Wildman–Crippen MR) is 98.9 cm³/mol. The summed E-state index contributed by atoms with van der Waals surface area (Å²) in [5.41, 5.74) is 11.8. The number of aliphatic hydroxyl groups is 1. The standard InChI is InChI=1S/C19H25N3O3/c1-18(2,3)25-17(23)22-12-19(24,13-4-8-15(20)9-5-13)14-6-10-16(21)11-7-14/h4-11,24H,12,20-21H2,1-3H3,(H,22,23). The number of alkyl carbamates (subject to hydrolysis) is 1. The van der Waals surface area contributed by atoms with Gasteiger partial charge in [0, 0.05) is 11.4 Å². The fourth-order valence-corrected chi connectivity index (χ4v) is 2.40. The van der Waals surface area contributed by atoms with Crippen LogP contribution in [0.3, 0.4) is 0 Å². The zero-order valence-electron chi connectivity index (χ0n) is 14.7. The first-order chi connectivity index (χ1) is 11.6. The van der Waals surface area contributed by atoms with Crippen molar-refractivity contribution in [1.82, 2.24) is 5.32 Å². The van der Waals surface area contributed by atoms with E-state index >= 15 is 0 Å². The molecule has 6 nitrogen and oxygen atoms in total. The highest BCUT2D eigenvalue weighted by molar-refractivity contribution is 5.68. The van der Waals surface area contributed by atoms with Crippen LogP contribution in [0, 0.1) is 0 Å². The normalized spacial score (nSPS) is 11.8. The van der Waals surface area contributed by atoms with Gasteiger partial charge in [0.05, 0.1) is 6.54 Å². The molecule has 0 unspecified atom stereocenters. The van der Waals surface area contributed by atoms with Crippen molar-refractivity contribution >= 4 is 17.5 Å². The molecular formula is C19H25N3O3. The van der Waals surface area contributed by atoms with Gasteiger partial charge in [-0.2, -0.15) is 0 Å². The molecule has 0 heterocycles. The van der Waals surface area contributed by atoms with Gasteiger partial charge in [0.2, 0.25) is 0 Å². The molecule has 0 atom stereocenters. The Bertz CT molecular complexity index is 674. The van der Waals surface area contributed by atoms with Crippen LogP contribution in [0.2, 0.25) is 0 Å². The minimum Gasteiger partial charge on any atom is -0.444 e. The number of rotatable bonds is 4. The van der Waals surface area contributed by atoms with Crippen LogP contribution < -0.4 is 16.8 Å². The molecule has 6 N–H and O–H groups in total. The Morgan fingerprint density at radius 1 is 0.960 bits per heavy atom. The topological polar surface area (TPSA) is 111 Å². The van der Waals surface area contributed by atoms with Crippen molar-refractivity contribution in [3.63, 3.8) is 0 Å². The van der Waals surface area contributed by atoms with Crippen LogP contribution in [0.15, 0.2) is 48.5 Å². The Hall–Kier alpha value is -2.73. The zero-order valence-corrected chi connectivity index (χ0v) is 14.7. The van der Waals surface area contributed by atoms with Crippen molar-refractivity contribution < 1.29 is 14.6 Å². The number of anilines is 2. The molecule has 2 aromatic carbocycles. The van der Waals surface area contributed by atoms with Gasteiger partial charge in [-0.25, -0.2) is 4.79 Å². The Morgan fingerprint density at radius 2 is 1.36 bits per heavy atom. The van der Waals surface area contributed by atoms with E-state index in [4.69, 9.17) is 16.2 Å². The number of hydrogen-bond acceptors (Lipinski definition) is 5. The molecular weight excluding hydrogens is 318 g/mol. The maximum atomic E-state index is 12.0. The zero-order chi connectivity index (χ0) is 18.7. The van der Waals surface area contributed by atoms with Crippen LogP contribution in [0.25, 0.3) is 0 Å². The summed E-state index contributed by atoms with van der Waals surface area (Å²) in [6.07, 6.45) is -0.600. The van der Waals surface area contributed by atoms with Crippen LogP contribution >= 0.6 is 0 Å². The summed E-state index contributed by atoms with van der Waals surface area (Å²) in [6.45, 7) is 5.27. The number of ether oxygens (including phenoxy) is 1. The molecule has 2 rings (SSSR count). The molecule has 0 fully saturated rings.